The maximum atomic E-state index is 11.8. The number of carbonyl (C=O) groups is 1. The summed E-state index contributed by atoms with van der Waals surface area (Å²) in [6, 6.07) is 9.44. The molecule has 3 saturated heterocycles. The highest BCUT2D eigenvalue weighted by Crippen LogP contribution is 2.53. The molecule has 4 bridgehead atoms. The third kappa shape index (κ3) is 1.42. The van der Waals surface area contributed by atoms with Crippen molar-refractivity contribution in [2.75, 3.05) is 6.54 Å². The van der Waals surface area contributed by atoms with Crippen molar-refractivity contribution in [1.29, 1.82) is 0 Å². The molecule has 0 radical (unpaired) electrons. The average molecular weight is 292 g/mol. The molecule has 1 N–H and O–H groups in total. The molecule has 1 aromatic heterocycles. The second-order valence-corrected chi connectivity index (χ2v) is 6.94. The number of fused-ring (bicyclic) bond motifs is 4. The second kappa shape index (κ2) is 4.32. The van der Waals surface area contributed by atoms with Gasteiger partial charge >= 0.3 is 0 Å². The van der Waals surface area contributed by atoms with E-state index in [0.717, 1.165) is 19.4 Å². The Morgan fingerprint density at radius 1 is 1.32 bits per heavy atom. The van der Waals surface area contributed by atoms with Crippen molar-refractivity contribution in [1.82, 2.24) is 9.88 Å². The Morgan fingerprint density at radius 2 is 2.18 bits per heavy atom. The van der Waals surface area contributed by atoms with Crippen molar-refractivity contribution in [2.24, 2.45) is 11.8 Å². The van der Waals surface area contributed by atoms with E-state index >= 15 is 0 Å². The predicted octanol–water partition coefficient (Wildman–Crippen LogP) is 3.23. The van der Waals surface area contributed by atoms with E-state index in [0.29, 0.717) is 18.0 Å². The summed E-state index contributed by atoms with van der Waals surface area (Å²) >= 11 is 0. The summed E-state index contributed by atoms with van der Waals surface area (Å²) in [4.78, 5) is 18.0. The number of allylic oxidation sites excluding steroid dienone is 1. The second-order valence-electron chi connectivity index (χ2n) is 6.94. The summed E-state index contributed by atoms with van der Waals surface area (Å²) in [5, 5.41) is 1.35. The van der Waals surface area contributed by atoms with Crippen LogP contribution in [0.15, 0.2) is 35.9 Å². The van der Waals surface area contributed by atoms with Crippen LogP contribution in [0.3, 0.4) is 0 Å². The number of hydrogen-bond donors (Lipinski definition) is 1. The van der Waals surface area contributed by atoms with E-state index in [9.17, 15) is 4.79 Å². The van der Waals surface area contributed by atoms with E-state index in [2.05, 4.69) is 47.1 Å². The van der Waals surface area contributed by atoms with Crippen LogP contribution in [-0.4, -0.2) is 28.8 Å². The van der Waals surface area contributed by atoms with Gasteiger partial charge in [0.25, 0.3) is 0 Å². The number of para-hydroxylation sites is 1. The number of nitrogens with one attached hydrogen (secondary N) is 1. The van der Waals surface area contributed by atoms with Crippen LogP contribution in [0.1, 0.15) is 30.6 Å². The number of nitrogens with zero attached hydrogens (tertiary/aromatic N) is 1. The van der Waals surface area contributed by atoms with Gasteiger partial charge in [0.15, 0.2) is 0 Å². The lowest BCUT2D eigenvalue weighted by Gasteiger charge is -2.57. The molecular formula is C19H20N2O. The van der Waals surface area contributed by atoms with Crippen LogP contribution in [0.4, 0.5) is 0 Å². The Balaban J connectivity index is 1.70. The van der Waals surface area contributed by atoms with E-state index < -0.39 is 0 Å². The number of H-pyrrole nitrogens is 1. The number of carbonyl (C=O) groups excluding carboxylic acids is 1. The van der Waals surface area contributed by atoms with E-state index in [1.807, 2.05) is 0 Å². The number of rotatable bonds is 1. The molecule has 4 aliphatic rings. The van der Waals surface area contributed by atoms with Crippen molar-refractivity contribution in [3.8, 4) is 0 Å². The Labute approximate surface area is 130 Å². The number of piperidine rings is 3. The summed E-state index contributed by atoms with van der Waals surface area (Å²) in [6.45, 7) is 3.15. The Morgan fingerprint density at radius 3 is 3.00 bits per heavy atom. The molecule has 6 rings (SSSR count). The van der Waals surface area contributed by atoms with Gasteiger partial charge in [-0.3, -0.25) is 4.90 Å². The average Bonchev–Trinajstić information content (AvgIpc) is 2.93. The molecule has 3 unspecified atom stereocenters. The highest BCUT2D eigenvalue weighted by molar-refractivity contribution is 5.85. The Kier molecular flexibility index (Phi) is 2.49. The fourth-order valence-corrected chi connectivity index (χ4v) is 5.17. The molecule has 112 valence electrons. The van der Waals surface area contributed by atoms with Gasteiger partial charge in [0.1, 0.15) is 6.29 Å². The van der Waals surface area contributed by atoms with Gasteiger partial charge in [-0.25, -0.2) is 0 Å². The standard InChI is InChI=1S/C19H20N2O/c1-2-11-9-21-17-8-14-12-5-3-4-6-16(12)20-19(14)18(21)7-13(11)15(17)10-22/h2-6,10,13,15,17-18,20H,7-9H2,1H3/t13?,15?,17-,18-/m0/s1. The van der Waals surface area contributed by atoms with Gasteiger partial charge in [-0.05, 0) is 37.3 Å². The fraction of sp³-hybridized carbons (Fsp3) is 0.421. The van der Waals surface area contributed by atoms with Gasteiger partial charge in [0.05, 0.1) is 6.04 Å². The fourth-order valence-electron chi connectivity index (χ4n) is 5.17. The zero-order chi connectivity index (χ0) is 14.8. The first-order chi connectivity index (χ1) is 10.8. The van der Waals surface area contributed by atoms with Crippen molar-refractivity contribution in [2.45, 2.75) is 31.8 Å². The van der Waals surface area contributed by atoms with E-state index in [-0.39, 0.29) is 5.92 Å². The van der Waals surface area contributed by atoms with Gasteiger partial charge in [0.2, 0.25) is 0 Å². The smallest absolute Gasteiger partial charge is 0.125 e. The molecule has 0 saturated carbocycles. The summed E-state index contributed by atoms with van der Waals surface area (Å²) in [5.74, 6) is 0.611. The van der Waals surface area contributed by atoms with E-state index in [1.54, 1.807) is 0 Å². The third-order valence-electron chi connectivity index (χ3n) is 6.17. The zero-order valence-corrected chi connectivity index (χ0v) is 12.8. The molecule has 2 aromatic rings. The molecule has 3 heteroatoms. The molecule has 22 heavy (non-hydrogen) atoms. The molecular weight excluding hydrogens is 272 g/mol. The minimum atomic E-state index is 0.165. The molecule has 5 heterocycles. The van der Waals surface area contributed by atoms with Crippen molar-refractivity contribution < 1.29 is 4.79 Å². The molecule has 4 aliphatic heterocycles. The highest BCUT2D eigenvalue weighted by Gasteiger charge is 2.52. The monoisotopic (exact) mass is 292 g/mol. The van der Waals surface area contributed by atoms with Crippen LogP contribution in [0.2, 0.25) is 0 Å². The van der Waals surface area contributed by atoms with Crippen molar-refractivity contribution in [3.63, 3.8) is 0 Å². The SMILES string of the molecule is CC=C1CN2[C@H]3CC1C(C=O)[C@@H]2Cc1c3[nH]c2ccccc12. The quantitative estimate of drug-likeness (QED) is 0.647. The molecule has 0 spiro atoms. The molecule has 3 nitrogen and oxygen atoms in total. The van der Waals surface area contributed by atoms with E-state index in [1.165, 1.54) is 34.0 Å². The predicted molar refractivity (Wildman–Crippen MR) is 86.7 cm³/mol. The zero-order valence-electron chi connectivity index (χ0n) is 12.8. The van der Waals surface area contributed by atoms with Crippen LogP contribution < -0.4 is 0 Å². The lowest BCUT2D eigenvalue weighted by atomic mass is 9.64. The molecule has 3 fully saturated rings. The largest absolute Gasteiger partial charge is 0.357 e. The number of aldehydes is 1. The van der Waals surface area contributed by atoms with Crippen LogP contribution in [-0.2, 0) is 11.2 Å². The number of benzene rings is 1. The van der Waals surface area contributed by atoms with Crippen LogP contribution in [0, 0.1) is 11.8 Å². The maximum Gasteiger partial charge on any atom is 0.125 e. The number of hydrogen-bond acceptors (Lipinski definition) is 2. The maximum absolute atomic E-state index is 11.8. The van der Waals surface area contributed by atoms with Crippen molar-refractivity contribution >= 4 is 17.2 Å². The van der Waals surface area contributed by atoms with Gasteiger partial charge < -0.3 is 9.78 Å². The number of aromatic amines is 1. The topological polar surface area (TPSA) is 36.1 Å². The first-order valence-electron chi connectivity index (χ1n) is 8.27. The Hall–Kier alpha value is -1.87. The van der Waals surface area contributed by atoms with Gasteiger partial charge in [-0.15, -0.1) is 0 Å². The molecule has 1 aromatic carbocycles. The first-order valence-corrected chi connectivity index (χ1v) is 8.27. The lowest BCUT2D eigenvalue weighted by Crippen LogP contribution is -2.60. The molecule has 0 amide bonds. The summed E-state index contributed by atoms with van der Waals surface area (Å²) in [6.07, 6.45) is 5.54. The van der Waals surface area contributed by atoms with Gasteiger partial charge in [-0.1, -0.05) is 29.8 Å². The van der Waals surface area contributed by atoms with E-state index in [4.69, 9.17) is 0 Å². The summed E-state index contributed by atoms with van der Waals surface area (Å²) < 4.78 is 0. The highest BCUT2D eigenvalue weighted by atomic mass is 16.1. The lowest BCUT2D eigenvalue weighted by molar-refractivity contribution is -0.121. The summed E-state index contributed by atoms with van der Waals surface area (Å²) in [7, 11) is 0. The molecule has 0 aliphatic carbocycles. The minimum absolute atomic E-state index is 0.165. The first kappa shape index (κ1) is 12.7. The Bertz CT molecular complexity index is 803. The normalized spacial score (nSPS) is 37.5. The third-order valence-corrected chi connectivity index (χ3v) is 6.17. The van der Waals surface area contributed by atoms with Crippen LogP contribution in [0.5, 0.6) is 0 Å². The van der Waals surface area contributed by atoms with Crippen molar-refractivity contribution in [3.05, 3.63) is 47.2 Å². The molecule has 5 atom stereocenters. The summed E-state index contributed by atoms with van der Waals surface area (Å²) in [5.41, 5.74) is 5.56. The van der Waals surface area contributed by atoms with Crippen LogP contribution >= 0.6 is 0 Å². The minimum Gasteiger partial charge on any atom is -0.357 e. The van der Waals surface area contributed by atoms with Gasteiger partial charge in [-0.2, -0.15) is 0 Å². The number of aromatic nitrogens is 1. The van der Waals surface area contributed by atoms with Gasteiger partial charge in [0, 0.05) is 35.1 Å². The van der Waals surface area contributed by atoms with Crippen LogP contribution in [0.25, 0.3) is 10.9 Å².